The van der Waals surface area contributed by atoms with Crippen LogP contribution in [0.25, 0.3) is 0 Å². The predicted octanol–water partition coefficient (Wildman–Crippen LogP) is 2.49. The highest BCUT2D eigenvalue weighted by molar-refractivity contribution is 4.77. The van der Waals surface area contributed by atoms with Crippen LogP contribution in [0.2, 0.25) is 0 Å². The van der Waals surface area contributed by atoms with E-state index in [-0.39, 0.29) is 5.41 Å². The summed E-state index contributed by atoms with van der Waals surface area (Å²) in [6.07, 6.45) is 5.52. The molecule has 0 aromatic heterocycles. The van der Waals surface area contributed by atoms with Crippen molar-refractivity contribution in [1.82, 2.24) is 5.73 Å². The lowest BCUT2D eigenvalue weighted by atomic mass is 9.87. The first-order valence-electron chi connectivity index (χ1n) is 4.29. The van der Waals surface area contributed by atoms with Gasteiger partial charge in [0.05, 0.1) is 0 Å². The van der Waals surface area contributed by atoms with Crippen LogP contribution in [0.5, 0.6) is 0 Å². The van der Waals surface area contributed by atoms with Crippen LogP contribution in [0.1, 0.15) is 39.5 Å². The zero-order valence-electron chi connectivity index (χ0n) is 7.11. The molecule has 10 heavy (non-hydrogen) atoms. The van der Waals surface area contributed by atoms with Gasteiger partial charge in [-0.3, -0.25) is 5.73 Å². The minimum Gasteiger partial charge on any atom is -0.257 e. The molecule has 0 atom stereocenters. The van der Waals surface area contributed by atoms with Crippen LogP contribution in [-0.2, 0) is 0 Å². The maximum absolute atomic E-state index is 7.27. The molecular formula is C9H18N. The third kappa shape index (κ3) is 2.70. The molecule has 59 valence electrons. The molecule has 0 unspecified atom stereocenters. The molecular weight excluding hydrogens is 122 g/mol. The summed E-state index contributed by atoms with van der Waals surface area (Å²) in [6.45, 7) is 4.98. The Morgan fingerprint density at radius 3 is 2.40 bits per heavy atom. The molecule has 1 radical (unpaired) electrons. The largest absolute Gasteiger partial charge is 0.257 e. The van der Waals surface area contributed by atoms with Gasteiger partial charge in [0.25, 0.3) is 0 Å². The highest BCUT2D eigenvalue weighted by atomic mass is 14.6. The fourth-order valence-electron chi connectivity index (χ4n) is 1.09. The van der Waals surface area contributed by atoms with E-state index in [2.05, 4.69) is 13.8 Å². The third-order valence-electron chi connectivity index (χ3n) is 2.40. The van der Waals surface area contributed by atoms with E-state index in [1.54, 1.807) is 0 Å². The van der Waals surface area contributed by atoms with E-state index < -0.39 is 0 Å². The number of rotatable bonds is 4. The number of hydrogen-bond donors (Lipinski definition) is 0. The average molecular weight is 140 g/mol. The van der Waals surface area contributed by atoms with E-state index in [0.29, 0.717) is 6.54 Å². The molecule has 1 fully saturated rings. The minimum atomic E-state index is 0.280. The molecule has 0 aliphatic heterocycles. The molecule has 0 spiro atoms. The molecule has 0 aromatic rings. The second kappa shape index (κ2) is 2.91. The Kier molecular flexibility index (Phi) is 2.35. The van der Waals surface area contributed by atoms with Crippen LogP contribution >= 0.6 is 0 Å². The van der Waals surface area contributed by atoms with E-state index >= 15 is 0 Å². The first-order chi connectivity index (χ1) is 4.64. The fourth-order valence-corrected chi connectivity index (χ4v) is 1.09. The lowest BCUT2D eigenvalue weighted by Crippen LogP contribution is -2.17. The quantitative estimate of drug-likeness (QED) is 0.573. The van der Waals surface area contributed by atoms with Crippen molar-refractivity contribution in [2.24, 2.45) is 11.3 Å². The maximum atomic E-state index is 7.27. The average Bonchev–Trinajstić information content (AvgIpc) is 2.66. The van der Waals surface area contributed by atoms with Gasteiger partial charge in [-0.05, 0) is 24.2 Å². The molecule has 1 nitrogen and oxygen atoms in total. The molecule has 1 aliphatic rings. The Bertz CT molecular complexity index is 103. The summed E-state index contributed by atoms with van der Waals surface area (Å²) in [6, 6.07) is 0. The Labute approximate surface area is 64.0 Å². The zero-order valence-corrected chi connectivity index (χ0v) is 7.11. The minimum absolute atomic E-state index is 0.280. The van der Waals surface area contributed by atoms with Gasteiger partial charge in [0.1, 0.15) is 0 Å². The molecule has 0 amide bonds. The summed E-state index contributed by atoms with van der Waals surface area (Å²) in [5, 5.41) is 0. The number of nitrogens with one attached hydrogen (secondary N) is 1. The van der Waals surface area contributed by atoms with Crippen LogP contribution < -0.4 is 5.73 Å². The van der Waals surface area contributed by atoms with E-state index in [1.807, 2.05) is 0 Å². The molecule has 1 N–H and O–H groups in total. The van der Waals surface area contributed by atoms with Crippen LogP contribution in [-0.4, -0.2) is 6.54 Å². The van der Waals surface area contributed by atoms with Gasteiger partial charge in [0.2, 0.25) is 0 Å². The highest BCUT2D eigenvalue weighted by Gasteiger charge is 2.24. The molecule has 0 bridgehead atoms. The lowest BCUT2D eigenvalue weighted by Gasteiger charge is -2.21. The van der Waals surface area contributed by atoms with Gasteiger partial charge in [-0.15, -0.1) is 0 Å². The van der Waals surface area contributed by atoms with E-state index in [9.17, 15) is 0 Å². The van der Waals surface area contributed by atoms with Crippen LogP contribution in [0, 0.1) is 11.3 Å². The summed E-state index contributed by atoms with van der Waals surface area (Å²) < 4.78 is 0. The summed E-state index contributed by atoms with van der Waals surface area (Å²) in [5.74, 6) is 1.03. The fraction of sp³-hybridized carbons (Fsp3) is 1.00. The van der Waals surface area contributed by atoms with Crippen molar-refractivity contribution in [2.45, 2.75) is 39.5 Å². The van der Waals surface area contributed by atoms with Crippen molar-refractivity contribution in [3.63, 3.8) is 0 Å². The van der Waals surface area contributed by atoms with Gasteiger partial charge in [-0.1, -0.05) is 26.7 Å². The molecule has 1 rings (SSSR count). The van der Waals surface area contributed by atoms with Gasteiger partial charge in [-0.25, -0.2) is 0 Å². The smallest absolute Gasteiger partial charge is 0.0151 e. The molecule has 1 aliphatic carbocycles. The normalized spacial score (nSPS) is 19.5. The lowest BCUT2D eigenvalue weighted by molar-refractivity contribution is 0.324. The van der Waals surface area contributed by atoms with E-state index in [4.69, 9.17) is 5.73 Å². The van der Waals surface area contributed by atoms with Crippen molar-refractivity contribution < 1.29 is 0 Å². The van der Waals surface area contributed by atoms with Crippen LogP contribution in [0.3, 0.4) is 0 Å². The number of hydrogen-bond acceptors (Lipinski definition) is 0. The van der Waals surface area contributed by atoms with Crippen molar-refractivity contribution in [1.29, 1.82) is 0 Å². The second-order valence-electron chi connectivity index (χ2n) is 4.32. The molecule has 0 heterocycles. The summed E-state index contributed by atoms with van der Waals surface area (Å²) in [5.41, 5.74) is 7.55. The Morgan fingerprint density at radius 1 is 1.40 bits per heavy atom. The summed E-state index contributed by atoms with van der Waals surface area (Å²) >= 11 is 0. The van der Waals surface area contributed by atoms with Gasteiger partial charge < -0.3 is 0 Å². The topological polar surface area (TPSA) is 23.8 Å². The van der Waals surface area contributed by atoms with Crippen molar-refractivity contribution in [3.8, 4) is 0 Å². The van der Waals surface area contributed by atoms with Gasteiger partial charge in [0.15, 0.2) is 0 Å². The zero-order chi connectivity index (χ0) is 7.61. The van der Waals surface area contributed by atoms with Crippen LogP contribution in [0.4, 0.5) is 0 Å². The first-order valence-corrected chi connectivity index (χ1v) is 4.29. The molecule has 1 saturated carbocycles. The Balaban J connectivity index is 2.09. The first kappa shape index (κ1) is 8.06. The van der Waals surface area contributed by atoms with Crippen molar-refractivity contribution >= 4 is 0 Å². The van der Waals surface area contributed by atoms with E-state index in [1.165, 1.54) is 25.7 Å². The summed E-state index contributed by atoms with van der Waals surface area (Å²) in [4.78, 5) is 0. The molecule has 1 heteroatoms. The second-order valence-corrected chi connectivity index (χ2v) is 4.32. The van der Waals surface area contributed by atoms with Crippen molar-refractivity contribution in [2.75, 3.05) is 6.54 Å². The molecule has 0 saturated heterocycles. The maximum Gasteiger partial charge on any atom is 0.0151 e. The van der Waals surface area contributed by atoms with E-state index in [0.717, 1.165) is 5.92 Å². The van der Waals surface area contributed by atoms with Crippen molar-refractivity contribution in [3.05, 3.63) is 0 Å². The monoisotopic (exact) mass is 140 g/mol. The Hall–Kier alpha value is -0.0400. The summed E-state index contributed by atoms with van der Waals surface area (Å²) in [7, 11) is 0. The third-order valence-corrected chi connectivity index (χ3v) is 2.40. The Morgan fingerprint density at radius 2 is 2.00 bits per heavy atom. The van der Waals surface area contributed by atoms with Gasteiger partial charge >= 0.3 is 0 Å². The van der Waals surface area contributed by atoms with Gasteiger partial charge in [-0.2, -0.15) is 0 Å². The standard InChI is InChI=1S/C9H18N/c1-9(2,7-10)6-5-8-3-4-8/h8,10H,3-7H2,1-2H3. The SMILES string of the molecule is CC(C)(C[NH])CCC1CC1. The van der Waals surface area contributed by atoms with Gasteiger partial charge in [0, 0.05) is 6.54 Å². The predicted molar refractivity (Wildman–Crippen MR) is 43.7 cm³/mol. The molecule has 0 aromatic carbocycles. The van der Waals surface area contributed by atoms with Crippen LogP contribution in [0.15, 0.2) is 0 Å². The highest BCUT2D eigenvalue weighted by Crippen LogP contribution is 2.36.